The fraction of sp³-hybridized carbons (Fsp3) is 0.174. The zero-order valence-electron chi connectivity index (χ0n) is 16.9. The molecule has 0 aliphatic rings. The summed E-state index contributed by atoms with van der Waals surface area (Å²) in [6, 6.07) is 19.6. The van der Waals surface area contributed by atoms with Crippen LogP contribution in [-0.2, 0) is 15.4 Å². The molecule has 0 amide bonds. The Morgan fingerprint density at radius 3 is 2.37 bits per heavy atom. The summed E-state index contributed by atoms with van der Waals surface area (Å²) in [5.41, 5.74) is 2.82. The smallest absolute Gasteiger partial charge is 0.261 e. The van der Waals surface area contributed by atoms with Crippen LogP contribution in [0.3, 0.4) is 0 Å². The number of para-hydroxylation sites is 1. The second kappa shape index (κ2) is 7.45. The van der Waals surface area contributed by atoms with E-state index in [1.165, 1.54) is 0 Å². The van der Waals surface area contributed by atoms with Gasteiger partial charge in [-0.05, 0) is 47.4 Å². The highest BCUT2D eigenvalue weighted by Gasteiger charge is 2.20. The van der Waals surface area contributed by atoms with Crippen LogP contribution in [0.2, 0.25) is 5.02 Å². The van der Waals surface area contributed by atoms with Crippen LogP contribution in [0.1, 0.15) is 26.3 Å². The van der Waals surface area contributed by atoms with E-state index in [4.69, 9.17) is 11.6 Å². The Morgan fingerprint density at radius 2 is 1.67 bits per heavy atom. The molecule has 3 aromatic carbocycles. The second-order valence-electron chi connectivity index (χ2n) is 8.16. The first-order valence-corrected chi connectivity index (χ1v) is 11.4. The predicted octanol–water partition coefficient (Wildman–Crippen LogP) is 5.78. The van der Waals surface area contributed by atoms with E-state index in [0.29, 0.717) is 16.4 Å². The summed E-state index contributed by atoms with van der Waals surface area (Å²) in [7, 11) is -3.79. The first kappa shape index (κ1) is 20.4. The number of halogens is 1. The third-order valence-corrected chi connectivity index (χ3v) is 6.56. The molecule has 0 fully saturated rings. The SMILES string of the molecule is CC(C)(C)c1ccc(S(=O)(=O)Nc2ccc(Cl)cc2-n2ncc3ccccc32)cc1. The fourth-order valence-electron chi connectivity index (χ4n) is 3.27. The molecule has 0 unspecified atom stereocenters. The van der Waals surface area contributed by atoms with Gasteiger partial charge in [-0.2, -0.15) is 5.10 Å². The molecule has 0 spiro atoms. The van der Waals surface area contributed by atoms with Gasteiger partial charge < -0.3 is 0 Å². The molecule has 4 aromatic rings. The summed E-state index contributed by atoms with van der Waals surface area (Å²) in [4.78, 5) is 0.196. The highest BCUT2D eigenvalue weighted by atomic mass is 35.5. The number of fused-ring (bicyclic) bond motifs is 1. The molecule has 0 aliphatic heterocycles. The van der Waals surface area contributed by atoms with E-state index < -0.39 is 10.0 Å². The van der Waals surface area contributed by atoms with Crippen molar-refractivity contribution in [1.29, 1.82) is 0 Å². The minimum Gasteiger partial charge on any atom is -0.277 e. The van der Waals surface area contributed by atoms with E-state index >= 15 is 0 Å². The maximum Gasteiger partial charge on any atom is 0.261 e. The molecule has 4 rings (SSSR count). The van der Waals surface area contributed by atoms with Crippen molar-refractivity contribution >= 4 is 38.2 Å². The Hall–Kier alpha value is -2.83. The number of hydrogen-bond acceptors (Lipinski definition) is 3. The summed E-state index contributed by atoms with van der Waals surface area (Å²) < 4.78 is 30.5. The number of benzene rings is 3. The maximum atomic E-state index is 13.1. The molecule has 0 atom stereocenters. The Balaban J connectivity index is 1.75. The number of sulfonamides is 1. The van der Waals surface area contributed by atoms with E-state index in [1.807, 2.05) is 36.4 Å². The van der Waals surface area contributed by atoms with Gasteiger partial charge in [0.15, 0.2) is 0 Å². The van der Waals surface area contributed by atoms with Crippen molar-refractivity contribution in [1.82, 2.24) is 9.78 Å². The molecule has 1 heterocycles. The topological polar surface area (TPSA) is 64.0 Å². The van der Waals surface area contributed by atoms with Gasteiger partial charge in [-0.1, -0.05) is 62.7 Å². The van der Waals surface area contributed by atoms with Gasteiger partial charge in [0.05, 0.1) is 28.0 Å². The van der Waals surface area contributed by atoms with Gasteiger partial charge in [0, 0.05) is 10.4 Å². The maximum absolute atomic E-state index is 13.1. The summed E-state index contributed by atoms with van der Waals surface area (Å²) in [5, 5.41) is 5.87. The molecule has 0 saturated heterocycles. The van der Waals surface area contributed by atoms with Gasteiger partial charge in [0.2, 0.25) is 0 Å². The van der Waals surface area contributed by atoms with Crippen molar-refractivity contribution in [2.45, 2.75) is 31.1 Å². The van der Waals surface area contributed by atoms with Crippen LogP contribution < -0.4 is 4.72 Å². The molecule has 30 heavy (non-hydrogen) atoms. The monoisotopic (exact) mass is 439 g/mol. The number of nitrogens with zero attached hydrogens (tertiary/aromatic N) is 2. The van der Waals surface area contributed by atoms with Crippen LogP contribution in [-0.4, -0.2) is 18.2 Å². The molecule has 0 radical (unpaired) electrons. The molecule has 5 nitrogen and oxygen atoms in total. The average Bonchev–Trinajstić information content (AvgIpc) is 3.13. The Labute approximate surface area is 181 Å². The number of aromatic nitrogens is 2. The van der Waals surface area contributed by atoms with Crippen molar-refractivity contribution in [2.75, 3.05) is 4.72 Å². The van der Waals surface area contributed by atoms with E-state index in [-0.39, 0.29) is 10.3 Å². The number of hydrogen-bond donors (Lipinski definition) is 1. The van der Waals surface area contributed by atoms with Gasteiger partial charge >= 0.3 is 0 Å². The highest BCUT2D eigenvalue weighted by Crippen LogP contribution is 2.30. The Bertz CT molecular complexity index is 1320. The van der Waals surface area contributed by atoms with Gasteiger partial charge in [-0.25, -0.2) is 13.1 Å². The van der Waals surface area contributed by atoms with E-state index in [2.05, 4.69) is 30.6 Å². The lowest BCUT2D eigenvalue weighted by Gasteiger charge is -2.19. The Kier molecular flexibility index (Phi) is 5.08. The first-order chi connectivity index (χ1) is 14.1. The predicted molar refractivity (Wildman–Crippen MR) is 122 cm³/mol. The van der Waals surface area contributed by atoms with Crippen molar-refractivity contribution in [2.24, 2.45) is 0 Å². The zero-order chi connectivity index (χ0) is 21.5. The summed E-state index contributed by atoms with van der Waals surface area (Å²) in [6.07, 6.45) is 1.74. The fourth-order valence-corrected chi connectivity index (χ4v) is 4.51. The standard InChI is InChI=1S/C23H22ClN3O2S/c1-23(2,3)17-8-11-19(12-9-17)30(28,29)26-20-13-10-18(24)14-22(20)27-21-7-5-4-6-16(21)15-25-27/h4-15,26H,1-3H3. The number of anilines is 1. The van der Waals surface area contributed by atoms with Crippen LogP contribution >= 0.6 is 11.6 Å². The minimum atomic E-state index is -3.79. The summed E-state index contributed by atoms with van der Waals surface area (Å²) >= 11 is 6.21. The Morgan fingerprint density at radius 1 is 0.967 bits per heavy atom. The molecule has 1 N–H and O–H groups in total. The third-order valence-electron chi connectivity index (χ3n) is 4.94. The van der Waals surface area contributed by atoms with Crippen molar-refractivity contribution in [3.63, 3.8) is 0 Å². The van der Waals surface area contributed by atoms with Crippen molar-refractivity contribution in [3.05, 3.63) is 83.5 Å². The normalized spacial score (nSPS) is 12.3. The third kappa shape index (κ3) is 3.93. The van der Waals surface area contributed by atoms with Crippen molar-refractivity contribution < 1.29 is 8.42 Å². The average molecular weight is 440 g/mol. The lowest BCUT2D eigenvalue weighted by atomic mass is 9.87. The molecule has 1 aromatic heterocycles. The number of nitrogens with one attached hydrogen (secondary N) is 1. The van der Waals surface area contributed by atoms with E-state index in [1.54, 1.807) is 41.2 Å². The molecular weight excluding hydrogens is 418 g/mol. The second-order valence-corrected chi connectivity index (χ2v) is 10.3. The molecule has 154 valence electrons. The van der Waals surface area contributed by atoms with Gasteiger partial charge in [0.25, 0.3) is 10.0 Å². The van der Waals surface area contributed by atoms with Crippen LogP contribution in [0.5, 0.6) is 0 Å². The lowest BCUT2D eigenvalue weighted by molar-refractivity contribution is 0.587. The number of rotatable bonds is 4. The van der Waals surface area contributed by atoms with Gasteiger partial charge in [-0.15, -0.1) is 0 Å². The van der Waals surface area contributed by atoms with Crippen LogP contribution in [0.25, 0.3) is 16.6 Å². The van der Waals surface area contributed by atoms with Crippen LogP contribution in [0.15, 0.2) is 77.8 Å². The molecular formula is C23H22ClN3O2S. The van der Waals surface area contributed by atoms with Gasteiger partial charge in [0.1, 0.15) is 0 Å². The molecule has 7 heteroatoms. The van der Waals surface area contributed by atoms with Gasteiger partial charge in [-0.3, -0.25) is 4.72 Å². The lowest BCUT2D eigenvalue weighted by Crippen LogP contribution is -2.16. The van der Waals surface area contributed by atoms with Crippen LogP contribution in [0.4, 0.5) is 5.69 Å². The minimum absolute atomic E-state index is 0.0553. The quantitative estimate of drug-likeness (QED) is 0.438. The highest BCUT2D eigenvalue weighted by molar-refractivity contribution is 7.92. The van der Waals surface area contributed by atoms with E-state index in [9.17, 15) is 8.42 Å². The van der Waals surface area contributed by atoms with Crippen molar-refractivity contribution in [3.8, 4) is 5.69 Å². The summed E-state index contributed by atoms with van der Waals surface area (Å²) in [6.45, 7) is 6.26. The molecule has 0 saturated carbocycles. The largest absolute Gasteiger partial charge is 0.277 e. The van der Waals surface area contributed by atoms with E-state index in [0.717, 1.165) is 16.5 Å². The first-order valence-electron chi connectivity index (χ1n) is 9.51. The molecule has 0 aliphatic carbocycles. The summed E-state index contributed by atoms with van der Waals surface area (Å²) in [5.74, 6) is 0. The zero-order valence-corrected chi connectivity index (χ0v) is 18.5. The molecule has 0 bridgehead atoms. The van der Waals surface area contributed by atoms with Crippen LogP contribution in [0, 0.1) is 0 Å².